The van der Waals surface area contributed by atoms with Gasteiger partial charge < -0.3 is 9.84 Å². The maximum Gasteiger partial charge on any atom is 0.336 e. The van der Waals surface area contributed by atoms with Gasteiger partial charge in [-0.1, -0.05) is 30.3 Å². The van der Waals surface area contributed by atoms with Crippen molar-refractivity contribution in [3.05, 3.63) is 64.1 Å². The van der Waals surface area contributed by atoms with Crippen molar-refractivity contribution in [1.29, 1.82) is 0 Å². The van der Waals surface area contributed by atoms with E-state index in [0.29, 0.717) is 24.0 Å². The lowest BCUT2D eigenvalue weighted by atomic mass is 10.1. The lowest BCUT2D eigenvalue weighted by Gasteiger charge is -2.32. The van der Waals surface area contributed by atoms with Crippen molar-refractivity contribution < 1.29 is 23.1 Å². The summed E-state index contributed by atoms with van der Waals surface area (Å²) in [5.74, 6) is -1.18. The molecule has 1 aliphatic rings. The van der Waals surface area contributed by atoms with E-state index in [2.05, 4.69) is 15.9 Å². The zero-order chi connectivity index (χ0) is 19.4. The second-order valence-corrected chi connectivity index (χ2v) is 9.16. The molecule has 27 heavy (non-hydrogen) atoms. The van der Waals surface area contributed by atoms with Gasteiger partial charge in [-0.25, -0.2) is 13.2 Å². The molecule has 2 aromatic rings. The number of sulfonamides is 1. The molecule has 1 fully saturated rings. The van der Waals surface area contributed by atoms with Crippen molar-refractivity contribution in [3.63, 3.8) is 0 Å². The van der Waals surface area contributed by atoms with Crippen LogP contribution in [0.2, 0.25) is 0 Å². The Morgan fingerprint density at radius 1 is 1.22 bits per heavy atom. The standard InChI is InChI=1S/C19H20BrNO5S/c20-18-9-8-16(11-17(18)19(22)23)27(24,25)21-10-4-7-15(12-21)26-13-14-5-2-1-3-6-14/h1-3,5-6,8-9,11,15H,4,7,10,12-13H2,(H,22,23). The minimum atomic E-state index is -3.78. The molecule has 0 aliphatic carbocycles. The fraction of sp³-hybridized carbons (Fsp3) is 0.316. The highest BCUT2D eigenvalue weighted by atomic mass is 79.9. The number of piperidine rings is 1. The first-order valence-electron chi connectivity index (χ1n) is 8.56. The Kier molecular flexibility index (Phi) is 6.31. The molecule has 144 valence electrons. The molecule has 6 nitrogen and oxygen atoms in total. The number of hydrogen-bond donors (Lipinski definition) is 1. The van der Waals surface area contributed by atoms with Gasteiger partial charge in [-0.3, -0.25) is 0 Å². The van der Waals surface area contributed by atoms with Crippen LogP contribution < -0.4 is 0 Å². The molecule has 1 unspecified atom stereocenters. The first kappa shape index (κ1) is 20.0. The van der Waals surface area contributed by atoms with Gasteiger partial charge in [0.15, 0.2) is 0 Å². The Hall–Kier alpha value is -1.74. The molecule has 3 rings (SSSR count). The summed E-state index contributed by atoms with van der Waals surface area (Å²) in [6.07, 6.45) is 1.30. The Bertz CT molecular complexity index is 917. The van der Waals surface area contributed by atoms with E-state index in [1.165, 1.54) is 22.5 Å². The average Bonchev–Trinajstić information content (AvgIpc) is 2.67. The fourth-order valence-corrected chi connectivity index (χ4v) is 4.98. The molecule has 8 heteroatoms. The van der Waals surface area contributed by atoms with Crippen LogP contribution in [0.4, 0.5) is 0 Å². The molecule has 1 atom stereocenters. The summed E-state index contributed by atoms with van der Waals surface area (Å²) >= 11 is 3.14. The summed E-state index contributed by atoms with van der Waals surface area (Å²) in [6.45, 7) is 1.08. The van der Waals surface area contributed by atoms with Crippen molar-refractivity contribution in [2.45, 2.75) is 30.4 Å². The Morgan fingerprint density at radius 2 is 1.96 bits per heavy atom. The van der Waals surface area contributed by atoms with Crippen LogP contribution in [0, 0.1) is 0 Å². The summed E-state index contributed by atoms with van der Waals surface area (Å²) in [6, 6.07) is 13.8. The number of carboxylic acid groups (broad SMARTS) is 1. The van der Waals surface area contributed by atoms with Crippen LogP contribution in [0.5, 0.6) is 0 Å². The highest BCUT2D eigenvalue weighted by molar-refractivity contribution is 9.10. The molecule has 1 aliphatic heterocycles. The summed E-state index contributed by atoms with van der Waals surface area (Å²) < 4.78 is 33.5. The molecule has 0 radical (unpaired) electrons. The zero-order valence-corrected chi connectivity index (χ0v) is 16.9. The minimum Gasteiger partial charge on any atom is -0.478 e. The lowest BCUT2D eigenvalue weighted by molar-refractivity contribution is 0.00811. The topological polar surface area (TPSA) is 83.9 Å². The smallest absolute Gasteiger partial charge is 0.336 e. The van der Waals surface area contributed by atoms with E-state index in [1.807, 2.05) is 30.3 Å². The monoisotopic (exact) mass is 453 g/mol. The maximum atomic E-state index is 13.0. The second kappa shape index (κ2) is 8.52. The Labute approximate surface area is 166 Å². The van der Waals surface area contributed by atoms with Gasteiger partial charge in [0.2, 0.25) is 10.0 Å². The molecule has 0 aromatic heterocycles. The van der Waals surface area contributed by atoms with Gasteiger partial charge in [0, 0.05) is 17.6 Å². The number of hydrogen-bond acceptors (Lipinski definition) is 4. The van der Waals surface area contributed by atoms with E-state index in [1.54, 1.807) is 0 Å². The van der Waals surface area contributed by atoms with E-state index < -0.39 is 16.0 Å². The first-order chi connectivity index (χ1) is 12.9. The van der Waals surface area contributed by atoms with Gasteiger partial charge in [-0.15, -0.1) is 0 Å². The molecular formula is C19H20BrNO5S. The van der Waals surface area contributed by atoms with Crippen LogP contribution in [0.3, 0.4) is 0 Å². The fourth-order valence-electron chi connectivity index (χ4n) is 3.03. The number of ether oxygens (including phenoxy) is 1. The predicted octanol–water partition coefficient (Wildman–Crippen LogP) is 3.52. The van der Waals surface area contributed by atoms with Crippen LogP contribution in [-0.2, 0) is 21.4 Å². The third kappa shape index (κ3) is 4.76. The van der Waals surface area contributed by atoms with Crippen LogP contribution in [0.15, 0.2) is 57.9 Å². The van der Waals surface area contributed by atoms with Crippen molar-refractivity contribution >= 4 is 31.9 Å². The van der Waals surface area contributed by atoms with Crippen LogP contribution in [0.25, 0.3) is 0 Å². The number of aromatic carboxylic acids is 1. The van der Waals surface area contributed by atoms with Crippen molar-refractivity contribution in [2.24, 2.45) is 0 Å². The van der Waals surface area contributed by atoms with Crippen molar-refractivity contribution in [2.75, 3.05) is 13.1 Å². The largest absolute Gasteiger partial charge is 0.478 e. The number of carbonyl (C=O) groups is 1. The number of carboxylic acids is 1. The summed E-state index contributed by atoms with van der Waals surface area (Å²) in [4.78, 5) is 11.3. The van der Waals surface area contributed by atoms with Gasteiger partial charge in [0.1, 0.15) is 0 Å². The minimum absolute atomic E-state index is 0.0215. The summed E-state index contributed by atoms with van der Waals surface area (Å²) in [5.41, 5.74) is 0.960. The highest BCUT2D eigenvalue weighted by Gasteiger charge is 2.31. The molecular weight excluding hydrogens is 434 g/mol. The third-order valence-electron chi connectivity index (χ3n) is 4.48. The quantitative estimate of drug-likeness (QED) is 0.722. The number of rotatable bonds is 6. The van der Waals surface area contributed by atoms with Crippen LogP contribution in [-0.4, -0.2) is 43.0 Å². The molecule has 1 heterocycles. The number of benzene rings is 2. The van der Waals surface area contributed by atoms with Crippen LogP contribution >= 0.6 is 15.9 Å². The van der Waals surface area contributed by atoms with Gasteiger partial charge in [-0.05, 0) is 52.5 Å². The Morgan fingerprint density at radius 3 is 2.67 bits per heavy atom. The molecule has 0 spiro atoms. The van der Waals surface area contributed by atoms with E-state index in [-0.39, 0.29) is 23.1 Å². The predicted molar refractivity (Wildman–Crippen MR) is 104 cm³/mol. The molecule has 0 bridgehead atoms. The summed E-state index contributed by atoms with van der Waals surface area (Å²) in [5, 5.41) is 9.23. The van der Waals surface area contributed by atoms with Crippen LogP contribution in [0.1, 0.15) is 28.8 Å². The Balaban J connectivity index is 1.73. The second-order valence-electron chi connectivity index (χ2n) is 6.37. The first-order valence-corrected chi connectivity index (χ1v) is 10.8. The molecule has 1 N–H and O–H groups in total. The van der Waals surface area contributed by atoms with E-state index in [0.717, 1.165) is 12.0 Å². The van der Waals surface area contributed by atoms with E-state index in [4.69, 9.17) is 4.74 Å². The van der Waals surface area contributed by atoms with E-state index in [9.17, 15) is 18.3 Å². The van der Waals surface area contributed by atoms with Gasteiger partial charge in [0.05, 0.1) is 23.2 Å². The molecule has 1 saturated heterocycles. The molecule has 0 amide bonds. The SMILES string of the molecule is O=C(O)c1cc(S(=O)(=O)N2CCCC(OCc3ccccc3)C2)ccc1Br. The summed E-state index contributed by atoms with van der Waals surface area (Å²) in [7, 11) is -3.78. The zero-order valence-electron chi connectivity index (χ0n) is 14.5. The maximum absolute atomic E-state index is 13.0. The number of nitrogens with zero attached hydrogens (tertiary/aromatic N) is 1. The van der Waals surface area contributed by atoms with Crippen molar-refractivity contribution in [3.8, 4) is 0 Å². The van der Waals surface area contributed by atoms with E-state index >= 15 is 0 Å². The number of halogens is 1. The van der Waals surface area contributed by atoms with Crippen molar-refractivity contribution in [1.82, 2.24) is 4.31 Å². The highest BCUT2D eigenvalue weighted by Crippen LogP contribution is 2.26. The normalized spacial score (nSPS) is 18.3. The lowest BCUT2D eigenvalue weighted by Crippen LogP contribution is -2.43. The molecule has 2 aromatic carbocycles. The van der Waals surface area contributed by atoms with Gasteiger partial charge in [-0.2, -0.15) is 4.31 Å². The average molecular weight is 454 g/mol. The van der Waals surface area contributed by atoms with Gasteiger partial charge >= 0.3 is 5.97 Å². The molecule has 0 saturated carbocycles. The third-order valence-corrected chi connectivity index (χ3v) is 7.03. The van der Waals surface area contributed by atoms with Gasteiger partial charge in [0.25, 0.3) is 0 Å².